The van der Waals surface area contributed by atoms with Crippen LogP contribution in [-0.2, 0) is 0 Å². The van der Waals surface area contributed by atoms with Gasteiger partial charge >= 0.3 is 0 Å². The monoisotopic (exact) mass is 224 g/mol. The first-order chi connectivity index (χ1) is 7.16. The second-order valence-corrected chi connectivity index (χ2v) is 4.72. The zero-order valence-electron chi connectivity index (χ0n) is 8.96. The van der Waals surface area contributed by atoms with Gasteiger partial charge in [0.15, 0.2) is 0 Å². The zero-order valence-corrected chi connectivity index (χ0v) is 9.72. The number of nitrogens with two attached hydrogens (primary N) is 1. The quantitative estimate of drug-likeness (QED) is 0.811. The third kappa shape index (κ3) is 2.44. The molecule has 1 aromatic rings. The van der Waals surface area contributed by atoms with E-state index in [4.69, 9.17) is 17.3 Å². The molecule has 1 fully saturated rings. The first-order valence-electron chi connectivity index (χ1n) is 5.45. The molecule has 0 radical (unpaired) electrons. The van der Waals surface area contributed by atoms with E-state index in [9.17, 15) is 0 Å². The Balaban J connectivity index is 2.07. The summed E-state index contributed by atoms with van der Waals surface area (Å²) in [5, 5.41) is 4.26. The molecule has 3 N–H and O–H groups in total. The van der Waals surface area contributed by atoms with Crippen LogP contribution >= 0.6 is 11.6 Å². The fourth-order valence-electron chi connectivity index (χ4n) is 2.06. The lowest BCUT2D eigenvalue weighted by atomic mass is 10.1. The van der Waals surface area contributed by atoms with Gasteiger partial charge in [0.2, 0.25) is 0 Å². The van der Waals surface area contributed by atoms with Gasteiger partial charge in [0, 0.05) is 22.8 Å². The maximum absolute atomic E-state index is 6.06. The number of hydrogen-bond donors (Lipinski definition) is 2. The normalized spacial score (nSPS) is 25.5. The van der Waals surface area contributed by atoms with Crippen LogP contribution in [0.15, 0.2) is 18.2 Å². The van der Waals surface area contributed by atoms with E-state index in [2.05, 4.69) is 11.4 Å². The smallest absolute Gasteiger partial charge is 0.0455 e. The molecule has 1 aromatic carbocycles. The largest absolute Gasteiger partial charge is 0.381 e. The summed E-state index contributed by atoms with van der Waals surface area (Å²) in [6, 6.07) is 6.76. The highest BCUT2D eigenvalue weighted by Gasteiger charge is 2.23. The summed E-state index contributed by atoms with van der Waals surface area (Å²) in [6.07, 6.45) is 3.50. The predicted octanol–water partition coefficient (Wildman–Crippen LogP) is 2.94. The van der Waals surface area contributed by atoms with Gasteiger partial charge < -0.3 is 11.1 Å². The molecule has 0 unspecified atom stereocenters. The molecule has 3 heteroatoms. The summed E-state index contributed by atoms with van der Waals surface area (Å²) >= 11 is 6.06. The van der Waals surface area contributed by atoms with E-state index in [1.807, 2.05) is 19.1 Å². The molecule has 0 spiro atoms. The Morgan fingerprint density at radius 2 is 2.20 bits per heavy atom. The van der Waals surface area contributed by atoms with Crippen LogP contribution in [0.3, 0.4) is 0 Å². The van der Waals surface area contributed by atoms with E-state index < -0.39 is 0 Å². The minimum atomic E-state index is 0.282. The van der Waals surface area contributed by atoms with E-state index in [-0.39, 0.29) is 6.04 Å². The summed E-state index contributed by atoms with van der Waals surface area (Å²) in [7, 11) is 0. The van der Waals surface area contributed by atoms with E-state index in [1.165, 1.54) is 6.42 Å². The average molecular weight is 225 g/mol. The van der Waals surface area contributed by atoms with Gasteiger partial charge in [0.05, 0.1) is 0 Å². The highest BCUT2D eigenvalue weighted by Crippen LogP contribution is 2.24. The van der Waals surface area contributed by atoms with Crippen molar-refractivity contribution in [2.75, 3.05) is 5.32 Å². The first-order valence-corrected chi connectivity index (χ1v) is 5.83. The Hall–Kier alpha value is -0.730. The Labute approximate surface area is 95.8 Å². The first kappa shape index (κ1) is 10.8. The Kier molecular flexibility index (Phi) is 3.17. The number of aryl methyl sites for hydroxylation is 1. The molecule has 0 heterocycles. The van der Waals surface area contributed by atoms with Gasteiger partial charge in [-0.1, -0.05) is 17.7 Å². The standard InChI is InChI=1S/C12H17ClN2/c1-8-5-6-9(7-10(8)13)15-12-4-2-3-11(12)14/h5-7,11-12,15H,2-4,14H2,1H3/t11-,12+/m1/s1. The zero-order chi connectivity index (χ0) is 10.8. The lowest BCUT2D eigenvalue weighted by Gasteiger charge is -2.18. The summed E-state index contributed by atoms with van der Waals surface area (Å²) in [5.74, 6) is 0. The van der Waals surface area contributed by atoms with Crippen molar-refractivity contribution >= 4 is 17.3 Å². The van der Waals surface area contributed by atoms with Gasteiger partial charge in [-0.25, -0.2) is 0 Å². The fraction of sp³-hybridized carbons (Fsp3) is 0.500. The number of rotatable bonds is 2. The van der Waals surface area contributed by atoms with E-state index in [1.54, 1.807) is 0 Å². The Bertz CT molecular complexity index is 351. The molecule has 2 atom stereocenters. The molecule has 0 aliphatic heterocycles. The van der Waals surface area contributed by atoms with Crippen molar-refractivity contribution in [1.29, 1.82) is 0 Å². The summed E-state index contributed by atoms with van der Waals surface area (Å²) < 4.78 is 0. The molecule has 2 nitrogen and oxygen atoms in total. The van der Waals surface area contributed by atoms with Crippen LogP contribution in [0, 0.1) is 6.92 Å². The van der Waals surface area contributed by atoms with E-state index in [0.717, 1.165) is 29.1 Å². The van der Waals surface area contributed by atoms with Gasteiger partial charge in [-0.05, 0) is 43.9 Å². The van der Waals surface area contributed by atoms with Crippen LogP contribution in [0.5, 0.6) is 0 Å². The molecule has 1 saturated carbocycles. The van der Waals surface area contributed by atoms with Crippen LogP contribution in [0.2, 0.25) is 5.02 Å². The maximum Gasteiger partial charge on any atom is 0.0455 e. The van der Waals surface area contributed by atoms with Gasteiger partial charge in [-0.2, -0.15) is 0 Å². The molecule has 15 heavy (non-hydrogen) atoms. The van der Waals surface area contributed by atoms with Crippen LogP contribution in [0.25, 0.3) is 0 Å². The van der Waals surface area contributed by atoms with Crippen molar-refractivity contribution in [2.45, 2.75) is 38.3 Å². The average Bonchev–Trinajstić information content (AvgIpc) is 2.59. The van der Waals surface area contributed by atoms with Crippen molar-refractivity contribution in [1.82, 2.24) is 0 Å². The lowest BCUT2D eigenvalue weighted by molar-refractivity contribution is 0.638. The molecule has 0 aromatic heterocycles. The molecule has 0 saturated heterocycles. The van der Waals surface area contributed by atoms with Crippen molar-refractivity contribution in [3.05, 3.63) is 28.8 Å². The second-order valence-electron chi connectivity index (χ2n) is 4.31. The Morgan fingerprint density at radius 1 is 1.40 bits per heavy atom. The van der Waals surface area contributed by atoms with Crippen molar-refractivity contribution in [3.63, 3.8) is 0 Å². The van der Waals surface area contributed by atoms with Gasteiger partial charge in [0.25, 0.3) is 0 Å². The van der Waals surface area contributed by atoms with Crippen molar-refractivity contribution in [3.8, 4) is 0 Å². The lowest BCUT2D eigenvalue weighted by Crippen LogP contribution is -2.35. The van der Waals surface area contributed by atoms with E-state index in [0.29, 0.717) is 6.04 Å². The third-order valence-corrected chi connectivity index (χ3v) is 3.50. The minimum Gasteiger partial charge on any atom is -0.381 e. The van der Waals surface area contributed by atoms with Crippen LogP contribution < -0.4 is 11.1 Å². The van der Waals surface area contributed by atoms with Crippen LogP contribution in [0.1, 0.15) is 24.8 Å². The summed E-state index contributed by atoms with van der Waals surface area (Å²) in [4.78, 5) is 0. The molecule has 0 bridgehead atoms. The fourth-order valence-corrected chi connectivity index (χ4v) is 2.25. The molecule has 1 aliphatic rings. The summed E-state index contributed by atoms with van der Waals surface area (Å²) in [5.41, 5.74) is 8.19. The minimum absolute atomic E-state index is 0.282. The number of anilines is 1. The maximum atomic E-state index is 6.06. The number of hydrogen-bond acceptors (Lipinski definition) is 2. The molecular formula is C12H17ClN2. The highest BCUT2D eigenvalue weighted by atomic mass is 35.5. The molecular weight excluding hydrogens is 208 g/mol. The number of benzene rings is 1. The van der Waals surface area contributed by atoms with Gasteiger partial charge in [-0.3, -0.25) is 0 Å². The van der Waals surface area contributed by atoms with Crippen molar-refractivity contribution < 1.29 is 0 Å². The third-order valence-electron chi connectivity index (χ3n) is 3.09. The molecule has 2 rings (SSSR count). The van der Waals surface area contributed by atoms with Crippen LogP contribution in [0.4, 0.5) is 5.69 Å². The van der Waals surface area contributed by atoms with E-state index >= 15 is 0 Å². The van der Waals surface area contributed by atoms with Gasteiger partial charge in [-0.15, -0.1) is 0 Å². The number of halogens is 1. The van der Waals surface area contributed by atoms with Gasteiger partial charge in [0.1, 0.15) is 0 Å². The molecule has 1 aliphatic carbocycles. The SMILES string of the molecule is Cc1ccc(N[C@H]2CCC[C@H]2N)cc1Cl. The van der Waals surface area contributed by atoms with Crippen molar-refractivity contribution in [2.24, 2.45) is 5.73 Å². The Morgan fingerprint density at radius 3 is 2.80 bits per heavy atom. The second kappa shape index (κ2) is 4.42. The van der Waals surface area contributed by atoms with Crippen LogP contribution in [-0.4, -0.2) is 12.1 Å². The predicted molar refractivity (Wildman–Crippen MR) is 65.4 cm³/mol. The molecule has 0 amide bonds. The topological polar surface area (TPSA) is 38.0 Å². The summed E-state index contributed by atoms with van der Waals surface area (Å²) in [6.45, 7) is 2.01. The number of nitrogens with one attached hydrogen (secondary N) is 1. The molecule has 82 valence electrons. The highest BCUT2D eigenvalue weighted by molar-refractivity contribution is 6.31.